The molecule has 0 radical (unpaired) electrons. The second-order valence-electron chi connectivity index (χ2n) is 4.31. The van der Waals surface area contributed by atoms with Gasteiger partial charge < -0.3 is 9.88 Å². The summed E-state index contributed by atoms with van der Waals surface area (Å²) in [5.74, 6) is 0.714. The van der Waals surface area contributed by atoms with Crippen LogP contribution in [0, 0.1) is 0 Å². The number of hydrogen-bond acceptors (Lipinski definition) is 4. The molecule has 0 bridgehead atoms. The molecule has 0 aliphatic carbocycles. The van der Waals surface area contributed by atoms with Gasteiger partial charge in [-0.3, -0.25) is 0 Å². The van der Waals surface area contributed by atoms with Gasteiger partial charge in [0.25, 0.3) is 0 Å². The Morgan fingerprint density at radius 2 is 2.15 bits per heavy atom. The molecule has 0 spiro atoms. The van der Waals surface area contributed by atoms with Gasteiger partial charge in [0.2, 0.25) is 5.96 Å². The fourth-order valence-electron chi connectivity index (χ4n) is 1.97. The molecule has 0 fully saturated rings. The second-order valence-corrected chi connectivity index (χ2v) is 4.74. The predicted octanol–water partition coefficient (Wildman–Crippen LogP) is 2.01. The molecule has 0 amide bonds. The number of hydrogen-bond donors (Lipinski definition) is 2. The van der Waals surface area contributed by atoms with E-state index >= 15 is 0 Å². The quantitative estimate of drug-likeness (QED) is 0.670. The zero-order valence-electron chi connectivity index (χ0n) is 10.8. The van der Waals surface area contributed by atoms with Gasteiger partial charge in [-0.15, -0.1) is 0 Å². The summed E-state index contributed by atoms with van der Waals surface area (Å²) in [5, 5.41) is 8.00. The van der Waals surface area contributed by atoms with Gasteiger partial charge in [0.1, 0.15) is 0 Å². The van der Waals surface area contributed by atoms with Crippen molar-refractivity contribution in [2.75, 3.05) is 13.1 Å². The van der Waals surface area contributed by atoms with Crippen LogP contribution in [0.1, 0.15) is 5.69 Å². The van der Waals surface area contributed by atoms with Crippen molar-refractivity contribution < 1.29 is 0 Å². The SMILES string of the molecule is Clc1ccc(-n2cccc2/C=N\NC2=NCCN2)cc1. The molecule has 5 nitrogen and oxygen atoms in total. The maximum absolute atomic E-state index is 5.90. The van der Waals surface area contributed by atoms with Crippen molar-refractivity contribution in [3.05, 3.63) is 53.3 Å². The summed E-state index contributed by atoms with van der Waals surface area (Å²) in [6.07, 6.45) is 3.74. The highest BCUT2D eigenvalue weighted by molar-refractivity contribution is 6.30. The van der Waals surface area contributed by atoms with E-state index in [1.165, 1.54) is 0 Å². The van der Waals surface area contributed by atoms with Crippen LogP contribution in [0.2, 0.25) is 5.02 Å². The van der Waals surface area contributed by atoms with E-state index in [1.807, 2.05) is 47.2 Å². The number of nitrogens with one attached hydrogen (secondary N) is 2. The van der Waals surface area contributed by atoms with E-state index in [-0.39, 0.29) is 0 Å². The standard InChI is InChI=1S/C14H14ClN5/c15-11-3-5-12(6-4-11)20-9-1-2-13(20)10-18-19-14-16-7-8-17-14/h1-6,9-10H,7-8H2,(H2,16,17,19)/b18-10-. The first-order chi connectivity index (χ1) is 9.83. The van der Waals surface area contributed by atoms with Crippen molar-refractivity contribution in [1.82, 2.24) is 15.3 Å². The Balaban J connectivity index is 1.76. The molecule has 0 saturated carbocycles. The van der Waals surface area contributed by atoms with Crippen LogP contribution in [0.3, 0.4) is 0 Å². The minimum Gasteiger partial charge on any atom is -0.353 e. The summed E-state index contributed by atoms with van der Waals surface area (Å²) in [7, 11) is 0. The number of benzene rings is 1. The molecule has 3 rings (SSSR count). The average Bonchev–Trinajstić information content (AvgIpc) is 3.11. The van der Waals surface area contributed by atoms with Crippen LogP contribution in [0.5, 0.6) is 0 Å². The van der Waals surface area contributed by atoms with E-state index < -0.39 is 0 Å². The van der Waals surface area contributed by atoms with Crippen LogP contribution in [-0.2, 0) is 0 Å². The molecular formula is C14H14ClN5. The summed E-state index contributed by atoms with van der Waals surface area (Å²) in [5.41, 5.74) is 4.89. The molecule has 20 heavy (non-hydrogen) atoms. The second kappa shape index (κ2) is 5.79. The molecule has 0 atom stereocenters. The van der Waals surface area contributed by atoms with Crippen LogP contribution in [0.4, 0.5) is 0 Å². The summed E-state index contributed by atoms with van der Waals surface area (Å²) in [6, 6.07) is 11.6. The lowest BCUT2D eigenvalue weighted by Gasteiger charge is -2.06. The molecule has 1 aromatic heterocycles. The van der Waals surface area contributed by atoms with Crippen LogP contribution in [0.25, 0.3) is 5.69 Å². The van der Waals surface area contributed by atoms with Crippen LogP contribution in [-0.4, -0.2) is 29.8 Å². The van der Waals surface area contributed by atoms with Gasteiger partial charge in [-0.1, -0.05) is 11.6 Å². The number of rotatable bonds is 3. The van der Waals surface area contributed by atoms with E-state index in [4.69, 9.17) is 11.6 Å². The lowest BCUT2D eigenvalue weighted by atomic mass is 10.3. The Labute approximate surface area is 122 Å². The monoisotopic (exact) mass is 287 g/mol. The third-order valence-corrected chi connectivity index (χ3v) is 3.18. The molecule has 0 unspecified atom stereocenters. The topological polar surface area (TPSA) is 53.7 Å². The number of aromatic nitrogens is 1. The Kier molecular flexibility index (Phi) is 3.69. The molecule has 2 aromatic rings. The summed E-state index contributed by atoms with van der Waals surface area (Å²) >= 11 is 5.90. The van der Waals surface area contributed by atoms with Gasteiger partial charge >= 0.3 is 0 Å². The Morgan fingerprint density at radius 1 is 1.30 bits per heavy atom. The van der Waals surface area contributed by atoms with Gasteiger partial charge in [0.05, 0.1) is 18.5 Å². The Bertz CT molecular complexity index is 642. The van der Waals surface area contributed by atoms with Crippen molar-refractivity contribution in [3.8, 4) is 5.69 Å². The highest BCUT2D eigenvalue weighted by atomic mass is 35.5. The molecule has 2 heterocycles. The lowest BCUT2D eigenvalue weighted by Crippen LogP contribution is -2.30. The predicted molar refractivity (Wildman–Crippen MR) is 81.8 cm³/mol. The van der Waals surface area contributed by atoms with Crippen molar-refractivity contribution in [2.45, 2.75) is 0 Å². The molecule has 102 valence electrons. The first-order valence-electron chi connectivity index (χ1n) is 6.33. The smallest absolute Gasteiger partial charge is 0.212 e. The molecule has 1 aromatic carbocycles. The average molecular weight is 288 g/mol. The summed E-state index contributed by atoms with van der Waals surface area (Å²) in [6.45, 7) is 1.65. The number of guanidine groups is 1. The first-order valence-corrected chi connectivity index (χ1v) is 6.71. The number of aliphatic imine (C=N–C) groups is 1. The minimum atomic E-state index is 0.714. The normalized spacial score (nSPS) is 14.3. The minimum absolute atomic E-state index is 0.714. The van der Waals surface area contributed by atoms with E-state index in [0.29, 0.717) is 5.96 Å². The fourth-order valence-corrected chi connectivity index (χ4v) is 2.09. The Hall–Kier alpha value is -2.27. The van der Waals surface area contributed by atoms with Crippen LogP contribution in [0.15, 0.2) is 52.7 Å². The maximum Gasteiger partial charge on any atom is 0.212 e. The number of hydrazone groups is 1. The van der Waals surface area contributed by atoms with Crippen molar-refractivity contribution in [2.24, 2.45) is 10.1 Å². The molecular weight excluding hydrogens is 274 g/mol. The lowest BCUT2D eigenvalue weighted by molar-refractivity contribution is 0.918. The van der Waals surface area contributed by atoms with Crippen molar-refractivity contribution >= 4 is 23.8 Å². The Morgan fingerprint density at radius 3 is 2.90 bits per heavy atom. The van der Waals surface area contributed by atoms with E-state index in [1.54, 1.807) is 6.21 Å². The number of halogens is 1. The van der Waals surface area contributed by atoms with E-state index in [0.717, 1.165) is 29.5 Å². The van der Waals surface area contributed by atoms with Crippen LogP contribution >= 0.6 is 11.6 Å². The van der Waals surface area contributed by atoms with Gasteiger partial charge in [0.15, 0.2) is 0 Å². The summed E-state index contributed by atoms with van der Waals surface area (Å²) in [4.78, 5) is 4.20. The van der Waals surface area contributed by atoms with Gasteiger partial charge in [-0.25, -0.2) is 10.4 Å². The van der Waals surface area contributed by atoms with E-state index in [2.05, 4.69) is 20.8 Å². The van der Waals surface area contributed by atoms with Gasteiger partial charge in [-0.2, -0.15) is 5.10 Å². The third kappa shape index (κ3) is 2.83. The molecule has 1 aliphatic heterocycles. The highest BCUT2D eigenvalue weighted by Gasteiger charge is 2.03. The van der Waals surface area contributed by atoms with Crippen molar-refractivity contribution in [3.63, 3.8) is 0 Å². The summed E-state index contributed by atoms with van der Waals surface area (Å²) < 4.78 is 2.03. The molecule has 1 aliphatic rings. The highest BCUT2D eigenvalue weighted by Crippen LogP contribution is 2.15. The first kappa shape index (κ1) is 12.7. The van der Waals surface area contributed by atoms with Gasteiger partial charge in [-0.05, 0) is 36.4 Å². The zero-order chi connectivity index (χ0) is 13.8. The molecule has 2 N–H and O–H groups in total. The zero-order valence-corrected chi connectivity index (χ0v) is 11.5. The number of nitrogens with zero attached hydrogens (tertiary/aromatic N) is 3. The molecule has 6 heteroatoms. The van der Waals surface area contributed by atoms with Gasteiger partial charge in [0, 0.05) is 23.5 Å². The largest absolute Gasteiger partial charge is 0.353 e. The third-order valence-electron chi connectivity index (χ3n) is 2.93. The van der Waals surface area contributed by atoms with E-state index in [9.17, 15) is 0 Å². The maximum atomic E-state index is 5.90. The van der Waals surface area contributed by atoms with Crippen LogP contribution < -0.4 is 10.7 Å². The fraction of sp³-hybridized carbons (Fsp3) is 0.143. The van der Waals surface area contributed by atoms with Crippen molar-refractivity contribution in [1.29, 1.82) is 0 Å². The molecule has 0 saturated heterocycles.